The topological polar surface area (TPSA) is 63.7 Å². The summed E-state index contributed by atoms with van der Waals surface area (Å²) in [5, 5.41) is 16.9. The van der Waals surface area contributed by atoms with Crippen molar-refractivity contribution in [2.45, 2.75) is 20.3 Å². The van der Waals surface area contributed by atoms with E-state index in [1.165, 1.54) is 0 Å². The first-order valence-electron chi connectivity index (χ1n) is 5.71. The maximum Gasteiger partial charge on any atom is 0.186 e. The van der Waals surface area contributed by atoms with Gasteiger partial charge in [0.1, 0.15) is 17.5 Å². The van der Waals surface area contributed by atoms with Crippen LogP contribution in [-0.4, -0.2) is 22.1 Å². The zero-order valence-electron chi connectivity index (χ0n) is 10.6. The first-order valence-corrected chi connectivity index (χ1v) is 5.71. The summed E-state index contributed by atoms with van der Waals surface area (Å²) in [6.07, 6.45) is 0.687. The van der Waals surface area contributed by atoms with Crippen molar-refractivity contribution in [1.29, 1.82) is 5.26 Å². The molecule has 0 atom stereocenters. The lowest BCUT2D eigenvalue weighted by Crippen LogP contribution is -2.04. The van der Waals surface area contributed by atoms with Crippen molar-refractivity contribution in [3.63, 3.8) is 0 Å². The molecular weight excluding hydrogens is 228 g/mol. The molecule has 0 radical (unpaired) electrons. The van der Waals surface area contributed by atoms with E-state index in [0.29, 0.717) is 17.9 Å². The predicted octanol–water partition coefficient (Wildman–Crippen LogP) is 2.02. The molecule has 5 heteroatoms. The summed E-state index contributed by atoms with van der Waals surface area (Å²) in [5.41, 5.74) is 3.06. The Balaban J connectivity index is 2.65. The van der Waals surface area contributed by atoms with E-state index in [4.69, 9.17) is 10.00 Å². The Hall–Kier alpha value is -2.35. The molecule has 18 heavy (non-hydrogen) atoms. The number of nitrogens with zero attached hydrogens (tertiary/aromatic N) is 4. The highest BCUT2D eigenvalue weighted by atomic mass is 16.5. The van der Waals surface area contributed by atoms with E-state index in [2.05, 4.69) is 16.4 Å². The Kier molecular flexibility index (Phi) is 3.28. The van der Waals surface area contributed by atoms with E-state index in [0.717, 1.165) is 16.9 Å². The number of hydrogen-bond donors (Lipinski definition) is 0. The van der Waals surface area contributed by atoms with Crippen molar-refractivity contribution in [3.8, 4) is 17.5 Å². The van der Waals surface area contributed by atoms with Gasteiger partial charge in [0.15, 0.2) is 5.69 Å². The number of ether oxygens (including phenoxy) is 1. The van der Waals surface area contributed by atoms with Crippen molar-refractivity contribution in [2.75, 3.05) is 7.11 Å². The monoisotopic (exact) mass is 242 g/mol. The molecule has 0 aliphatic heterocycles. The van der Waals surface area contributed by atoms with Gasteiger partial charge in [0.25, 0.3) is 0 Å². The second-order valence-corrected chi connectivity index (χ2v) is 3.94. The minimum atomic E-state index is 0.362. The molecule has 0 aliphatic carbocycles. The van der Waals surface area contributed by atoms with Gasteiger partial charge in [-0.25, -0.2) is 4.68 Å². The molecule has 0 amide bonds. The summed E-state index contributed by atoms with van der Waals surface area (Å²) in [7, 11) is 1.61. The number of hydrogen-bond acceptors (Lipinski definition) is 4. The van der Waals surface area contributed by atoms with Crippen LogP contribution >= 0.6 is 0 Å². The minimum Gasteiger partial charge on any atom is -0.494 e. The SMILES string of the molecule is CCc1c(C#N)nnn1-c1cc(C)ccc1OC. The Morgan fingerprint density at radius 1 is 1.44 bits per heavy atom. The van der Waals surface area contributed by atoms with Crippen molar-refractivity contribution < 1.29 is 4.74 Å². The third kappa shape index (κ3) is 1.93. The molecular formula is C13H14N4O. The second-order valence-electron chi connectivity index (χ2n) is 3.94. The van der Waals surface area contributed by atoms with Gasteiger partial charge in [-0.1, -0.05) is 18.2 Å². The fraction of sp³-hybridized carbons (Fsp3) is 0.308. The second kappa shape index (κ2) is 4.88. The molecule has 0 N–H and O–H groups in total. The number of benzene rings is 1. The van der Waals surface area contributed by atoms with Gasteiger partial charge in [-0.05, 0) is 31.0 Å². The van der Waals surface area contributed by atoms with Gasteiger partial charge in [0.2, 0.25) is 0 Å². The summed E-state index contributed by atoms with van der Waals surface area (Å²) < 4.78 is 7.00. The van der Waals surface area contributed by atoms with Crippen molar-refractivity contribution in [1.82, 2.24) is 15.0 Å². The molecule has 0 saturated carbocycles. The molecule has 0 saturated heterocycles. The molecule has 0 spiro atoms. The van der Waals surface area contributed by atoms with E-state index in [9.17, 15) is 0 Å². The van der Waals surface area contributed by atoms with Gasteiger partial charge in [0.05, 0.1) is 12.8 Å². The molecule has 2 rings (SSSR count). The van der Waals surface area contributed by atoms with Crippen molar-refractivity contribution in [2.24, 2.45) is 0 Å². The van der Waals surface area contributed by atoms with Gasteiger partial charge < -0.3 is 4.74 Å². The van der Waals surface area contributed by atoms with Gasteiger partial charge in [0, 0.05) is 0 Å². The van der Waals surface area contributed by atoms with Gasteiger partial charge >= 0.3 is 0 Å². The van der Waals surface area contributed by atoms with E-state index >= 15 is 0 Å². The van der Waals surface area contributed by atoms with E-state index in [1.54, 1.807) is 11.8 Å². The van der Waals surface area contributed by atoms with Crippen LogP contribution < -0.4 is 4.74 Å². The molecule has 2 aromatic rings. The average molecular weight is 242 g/mol. The predicted molar refractivity (Wildman–Crippen MR) is 66.7 cm³/mol. The third-order valence-corrected chi connectivity index (χ3v) is 2.77. The van der Waals surface area contributed by atoms with Crippen LogP contribution in [0, 0.1) is 18.3 Å². The summed E-state index contributed by atoms with van der Waals surface area (Å²) in [4.78, 5) is 0. The first-order chi connectivity index (χ1) is 8.71. The van der Waals surface area contributed by atoms with Crippen LogP contribution in [0.4, 0.5) is 0 Å². The maximum atomic E-state index is 8.99. The van der Waals surface area contributed by atoms with Crippen LogP contribution in [0.5, 0.6) is 5.75 Å². The zero-order chi connectivity index (χ0) is 13.1. The Bertz CT molecular complexity index is 610. The third-order valence-electron chi connectivity index (χ3n) is 2.77. The van der Waals surface area contributed by atoms with Crippen LogP contribution in [0.25, 0.3) is 5.69 Å². The Morgan fingerprint density at radius 2 is 2.22 bits per heavy atom. The smallest absolute Gasteiger partial charge is 0.186 e. The minimum absolute atomic E-state index is 0.362. The number of methoxy groups -OCH3 is 1. The average Bonchev–Trinajstić information content (AvgIpc) is 2.81. The molecule has 0 unspecified atom stereocenters. The quantitative estimate of drug-likeness (QED) is 0.826. The lowest BCUT2D eigenvalue weighted by Gasteiger charge is -2.10. The van der Waals surface area contributed by atoms with Crippen LogP contribution in [0.15, 0.2) is 18.2 Å². The summed E-state index contributed by atoms with van der Waals surface area (Å²) in [5.74, 6) is 0.713. The maximum absolute atomic E-state index is 8.99. The molecule has 0 fully saturated rings. The van der Waals surface area contributed by atoms with E-state index in [1.807, 2.05) is 32.0 Å². The van der Waals surface area contributed by atoms with Crippen molar-refractivity contribution >= 4 is 0 Å². The summed E-state index contributed by atoms with van der Waals surface area (Å²) in [6, 6.07) is 7.87. The Morgan fingerprint density at radius 3 is 2.83 bits per heavy atom. The highest BCUT2D eigenvalue weighted by Crippen LogP contribution is 2.25. The Labute approximate surface area is 106 Å². The lowest BCUT2D eigenvalue weighted by atomic mass is 10.2. The molecule has 92 valence electrons. The molecule has 5 nitrogen and oxygen atoms in total. The molecule has 1 aromatic heterocycles. The fourth-order valence-corrected chi connectivity index (χ4v) is 1.86. The van der Waals surface area contributed by atoms with Crippen LogP contribution in [0.1, 0.15) is 23.9 Å². The van der Waals surface area contributed by atoms with E-state index < -0.39 is 0 Å². The van der Waals surface area contributed by atoms with Gasteiger partial charge in [-0.15, -0.1) is 5.10 Å². The zero-order valence-corrected chi connectivity index (χ0v) is 10.6. The number of aryl methyl sites for hydroxylation is 1. The van der Waals surface area contributed by atoms with Crippen LogP contribution in [0.3, 0.4) is 0 Å². The largest absolute Gasteiger partial charge is 0.494 e. The molecule has 0 bridgehead atoms. The highest BCUT2D eigenvalue weighted by molar-refractivity contribution is 5.50. The van der Waals surface area contributed by atoms with Crippen molar-refractivity contribution in [3.05, 3.63) is 35.2 Å². The number of nitriles is 1. The highest BCUT2D eigenvalue weighted by Gasteiger charge is 2.15. The normalized spacial score (nSPS) is 10.1. The summed E-state index contributed by atoms with van der Waals surface area (Å²) >= 11 is 0. The van der Waals surface area contributed by atoms with Crippen LogP contribution in [0.2, 0.25) is 0 Å². The fourth-order valence-electron chi connectivity index (χ4n) is 1.86. The standard InChI is InChI=1S/C13H14N4O/c1-4-11-10(8-14)15-16-17(11)12-7-9(2)5-6-13(12)18-3/h5-7H,4H2,1-3H3. The van der Waals surface area contributed by atoms with Crippen LogP contribution in [-0.2, 0) is 6.42 Å². The molecule has 1 aromatic carbocycles. The summed E-state index contributed by atoms with van der Waals surface area (Å²) in [6.45, 7) is 3.97. The molecule has 0 aliphatic rings. The first kappa shape index (κ1) is 12.1. The molecule has 1 heterocycles. The van der Waals surface area contributed by atoms with Gasteiger partial charge in [-0.3, -0.25) is 0 Å². The van der Waals surface area contributed by atoms with Gasteiger partial charge in [-0.2, -0.15) is 5.26 Å². The lowest BCUT2D eigenvalue weighted by molar-refractivity contribution is 0.411. The number of aromatic nitrogens is 3. The van der Waals surface area contributed by atoms with E-state index in [-0.39, 0.29) is 0 Å². The number of rotatable bonds is 3.